The van der Waals surface area contributed by atoms with E-state index in [1.807, 2.05) is 0 Å². The van der Waals surface area contributed by atoms with Crippen LogP contribution in [0.4, 0.5) is 5.69 Å². The summed E-state index contributed by atoms with van der Waals surface area (Å²) < 4.78 is 26.7. The van der Waals surface area contributed by atoms with Gasteiger partial charge in [-0.25, -0.2) is 8.42 Å². The average molecular weight is 286 g/mol. The van der Waals surface area contributed by atoms with E-state index in [0.29, 0.717) is 11.3 Å². The zero-order valence-electron chi connectivity index (χ0n) is 10.6. The molecule has 0 amide bonds. The molecule has 2 N–H and O–H groups in total. The van der Waals surface area contributed by atoms with Crippen LogP contribution in [0.1, 0.15) is 12.0 Å². The molecule has 1 fully saturated rings. The first-order valence-corrected chi connectivity index (χ1v) is 8.45. The Labute approximate surface area is 113 Å². The van der Waals surface area contributed by atoms with Crippen LogP contribution in [-0.2, 0) is 10.0 Å². The Morgan fingerprint density at radius 1 is 1.44 bits per heavy atom. The molecule has 1 aromatic carbocycles. The molecular formula is C12H18N2O2S2. The number of thioether (sulfide) groups is 1. The highest BCUT2D eigenvalue weighted by molar-refractivity contribution is 7.99. The molecule has 1 saturated heterocycles. The van der Waals surface area contributed by atoms with Crippen LogP contribution in [-0.4, -0.2) is 37.3 Å². The van der Waals surface area contributed by atoms with E-state index in [9.17, 15) is 8.42 Å². The highest BCUT2D eigenvalue weighted by Gasteiger charge is 2.32. The molecule has 4 nitrogen and oxygen atoms in total. The van der Waals surface area contributed by atoms with Gasteiger partial charge in [-0.1, -0.05) is 12.1 Å². The second-order valence-corrected chi connectivity index (χ2v) is 7.62. The first kappa shape index (κ1) is 13.7. The molecule has 1 atom stereocenters. The van der Waals surface area contributed by atoms with E-state index in [0.717, 1.165) is 17.9 Å². The van der Waals surface area contributed by atoms with Crippen LogP contribution in [0.3, 0.4) is 0 Å². The molecule has 18 heavy (non-hydrogen) atoms. The predicted molar refractivity (Wildman–Crippen MR) is 76.3 cm³/mol. The molecule has 1 heterocycles. The SMILES string of the molecule is Cc1cccc(N)c1S(=O)(=O)N(C)C1CCSC1. The van der Waals surface area contributed by atoms with Crippen molar-refractivity contribution in [3.05, 3.63) is 23.8 Å². The van der Waals surface area contributed by atoms with Gasteiger partial charge in [-0.05, 0) is 30.7 Å². The lowest BCUT2D eigenvalue weighted by atomic mass is 10.2. The summed E-state index contributed by atoms with van der Waals surface area (Å²) in [7, 11) is -1.84. The van der Waals surface area contributed by atoms with Crippen LogP contribution in [0.5, 0.6) is 0 Å². The van der Waals surface area contributed by atoms with Gasteiger partial charge in [0.05, 0.1) is 5.69 Å². The third-order valence-electron chi connectivity index (χ3n) is 3.30. The van der Waals surface area contributed by atoms with Gasteiger partial charge in [0.15, 0.2) is 0 Å². The lowest BCUT2D eigenvalue weighted by molar-refractivity contribution is 0.394. The molecule has 1 aromatic rings. The first-order valence-electron chi connectivity index (χ1n) is 5.85. The second kappa shape index (κ2) is 5.11. The van der Waals surface area contributed by atoms with Crippen molar-refractivity contribution in [2.75, 3.05) is 24.3 Å². The van der Waals surface area contributed by atoms with Crippen LogP contribution in [0.15, 0.2) is 23.1 Å². The number of hydrogen-bond acceptors (Lipinski definition) is 4. The maximum Gasteiger partial charge on any atom is 0.245 e. The maximum atomic E-state index is 12.6. The van der Waals surface area contributed by atoms with Gasteiger partial charge in [0, 0.05) is 18.8 Å². The van der Waals surface area contributed by atoms with Crippen molar-refractivity contribution in [2.24, 2.45) is 0 Å². The summed E-state index contributed by atoms with van der Waals surface area (Å²) in [6.07, 6.45) is 0.909. The molecule has 0 aromatic heterocycles. The fourth-order valence-corrected chi connectivity index (χ4v) is 5.24. The van der Waals surface area contributed by atoms with Crippen LogP contribution in [0.2, 0.25) is 0 Å². The minimum Gasteiger partial charge on any atom is -0.398 e. The van der Waals surface area contributed by atoms with Gasteiger partial charge in [-0.15, -0.1) is 0 Å². The quantitative estimate of drug-likeness (QED) is 0.859. The number of nitrogens with two attached hydrogens (primary N) is 1. The number of hydrogen-bond donors (Lipinski definition) is 1. The molecule has 2 rings (SSSR count). The van der Waals surface area contributed by atoms with E-state index >= 15 is 0 Å². The minimum absolute atomic E-state index is 0.0824. The van der Waals surface area contributed by atoms with E-state index in [2.05, 4.69) is 0 Å². The zero-order chi connectivity index (χ0) is 13.3. The van der Waals surface area contributed by atoms with Gasteiger partial charge < -0.3 is 5.73 Å². The molecule has 0 radical (unpaired) electrons. The average Bonchev–Trinajstić information content (AvgIpc) is 2.80. The van der Waals surface area contributed by atoms with Crippen molar-refractivity contribution in [3.8, 4) is 0 Å². The topological polar surface area (TPSA) is 63.4 Å². The molecular weight excluding hydrogens is 268 g/mol. The molecule has 1 unspecified atom stereocenters. The molecule has 1 aliphatic heterocycles. The van der Waals surface area contributed by atoms with Crippen molar-refractivity contribution in [2.45, 2.75) is 24.3 Å². The number of anilines is 1. The monoisotopic (exact) mass is 286 g/mol. The summed E-state index contributed by atoms with van der Waals surface area (Å²) in [4.78, 5) is 0.254. The predicted octanol–water partition coefficient (Wildman–Crippen LogP) is 1.70. The molecule has 0 saturated carbocycles. The van der Waals surface area contributed by atoms with Crippen molar-refractivity contribution >= 4 is 27.5 Å². The van der Waals surface area contributed by atoms with Crippen LogP contribution < -0.4 is 5.73 Å². The summed E-state index contributed by atoms with van der Waals surface area (Å²) in [5, 5.41) is 0. The highest BCUT2D eigenvalue weighted by atomic mass is 32.2. The molecule has 0 aliphatic carbocycles. The number of benzene rings is 1. The Hall–Kier alpha value is -0.720. The minimum atomic E-state index is -3.49. The van der Waals surface area contributed by atoms with Gasteiger partial charge >= 0.3 is 0 Å². The Morgan fingerprint density at radius 2 is 2.17 bits per heavy atom. The Kier molecular flexibility index (Phi) is 3.89. The van der Waals surface area contributed by atoms with E-state index in [1.165, 1.54) is 4.31 Å². The number of nitrogens with zero attached hydrogens (tertiary/aromatic N) is 1. The lowest BCUT2D eigenvalue weighted by Crippen LogP contribution is -2.37. The van der Waals surface area contributed by atoms with Crippen LogP contribution >= 0.6 is 11.8 Å². The van der Waals surface area contributed by atoms with Gasteiger partial charge in [0.1, 0.15) is 4.90 Å². The lowest BCUT2D eigenvalue weighted by Gasteiger charge is -2.24. The zero-order valence-corrected chi connectivity index (χ0v) is 12.2. The van der Waals surface area contributed by atoms with Crippen LogP contribution in [0, 0.1) is 6.92 Å². The summed E-state index contributed by atoms with van der Waals surface area (Å²) in [5.74, 6) is 1.88. The molecule has 6 heteroatoms. The molecule has 100 valence electrons. The molecule has 0 bridgehead atoms. The second-order valence-electron chi connectivity index (χ2n) is 4.53. The van der Waals surface area contributed by atoms with Gasteiger partial charge in [-0.2, -0.15) is 16.1 Å². The first-order chi connectivity index (χ1) is 8.44. The number of rotatable bonds is 3. The smallest absolute Gasteiger partial charge is 0.245 e. The van der Waals surface area contributed by atoms with Gasteiger partial charge in [0.25, 0.3) is 0 Å². The van der Waals surface area contributed by atoms with Crippen molar-refractivity contribution in [1.82, 2.24) is 4.31 Å². The summed E-state index contributed by atoms with van der Waals surface area (Å²) >= 11 is 1.79. The summed E-state index contributed by atoms with van der Waals surface area (Å²) in [6, 6.07) is 5.27. The van der Waals surface area contributed by atoms with E-state index in [4.69, 9.17) is 5.73 Å². The van der Waals surface area contributed by atoms with E-state index in [1.54, 1.807) is 43.9 Å². The van der Waals surface area contributed by atoms with Crippen molar-refractivity contribution < 1.29 is 8.42 Å². The Morgan fingerprint density at radius 3 is 2.72 bits per heavy atom. The Bertz CT molecular complexity index is 517. The Balaban J connectivity index is 2.41. The number of sulfonamides is 1. The third kappa shape index (κ3) is 2.37. The molecule has 1 aliphatic rings. The van der Waals surface area contributed by atoms with Gasteiger partial charge in [-0.3, -0.25) is 0 Å². The van der Waals surface area contributed by atoms with Crippen LogP contribution in [0.25, 0.3) is 0 Å². The fourth-order valence-electron chi connectivity index (χ4n) is 2.18. The highest BCUT2D eigenvalue weighted by Crippen LogP contribution is 2.30. The number of aryl methyl sites for hydroxylation is 1. The number of nitrogen functional groups attached to an aromatic ring is 1. The van der Waals surface area contributed by atoms with E-state index < -0.39 is 10.0 Å². The van der Waals surface area contributed by atoms with Crippen molar-refractivity contribution in [3.63, 3.8) is 0 Å². The molecule has 0 spiro atoms. The van der Waals surface area contributed by atoms with E-state index in [-0.39, 0.29) is 10.9 Å². The summed E-state index contributed by atoms with van der Waals surface area (Å²) in [5.41, 5.74) is 6.86. The third-order valence-corrected chi connectivity index (χ3v) is 6.57. The summed E-state index contributed by atoms with van der Waals surface area (Å²) in [6.45, 7) is 1.78. The normalized spacial score (nSPS) is 20.5. The maximum absolute atomic E-state index is 12.6. The van der Waals surface area contributed by atoms with Gasteiger partial charge in [0.2, 0.25) is 10.0 Å². The largest absolute Gasteiger partial charge is 0.398 e. The fraction of sp³-hybridized carbons (Fsp3) is 0.500. The standard InChI is InChI=1S/C12H18N2O2S2/c1-9-4-3-5-11(13)12(9)18(15,16)14(2)10-6-7-17-8-10/h3-5,10H,6-8,13H2,1-2H3. The van der Waals surface area contributed by atoms with Crippen molar-refractivity contribution in [1.29, 1.82) is 0 Å².